The maximum Gasteiger partial charge on any atom is 0.238 e. The van der Waals surface area contributed by atoms with Crippen LogP contribution in [-0.4, -0.2) is 19.9 Å². The van der Waals surface area contributed by atoms with Gasteiger partial charge in [-0.05, 0) is 17.7 Å². The van der Waals surface area contributed by atoms with E-state index in [2.05, 4.69) is 5.16 Å². The minimum atomic E-state index is -3.77. The highest BCUT2D eigenvalue weighted by Crippen LogP contribution is 2.34. The van der Waals surface area contributed by atoms with Crippen LogP contribution < -0.4 is 5.14 Å². The Bertz CT molecular complexity index is 946. The first kappa shape index (κ1) is 15.1. The smallest absolute Gasteiger partial charge is 0.238 e. The minimum Gasteiger partial charge on any atom is -0.352 e. The zero-order valence-corrected chi connectivity index (χ0v) is 12.7. The lowest BCUT2D eigenvalue weighted by Crippen LogP contribution is -2.11. The van der Waals surface area contributed by atoms with Crippen LogP contribution in [0, 0.1) is 0 Å². The Morgan fingerprint density at radius 3 is 2.17 bits per heavy atom. The Hall–Kier alpha value is -2.77. The number of nitrogens with two attached hydrogens (primary N) is 1. The second-order valence-electron chi connectivity index (χ2n) is 4.82. The first-order valence-corrected chi connectivity index (χ1v) is 8.19. The predicted molar refractivity (Wildman–Crippen MR) is 84.1 cm³/mol. The zero-order valence-electron chi connectivity index (χ0n) is 11.8. The summed E-state index contributed by atoms with van der Waals surface area (Å²) in [5, 5.41) is 9.04. The van der Waals surface area contributed by atoms with Crippen LogP contribution in [-0.2, 0) is 10.0 Å². The first-order valence-electron chi connectivity index (χ1n) is 6.64. The summed E-state index contributed by atoms with van der Waals surface area (Å²) >= 11 is 0. The molecule has 1 heterocycles. The average molecular weight is 328 g/mol. The molecule has 0 saturated heterocycles. The van der Waals surface area contributed by atoms with E-state index in [0.29, 0.717) is 23.1 Å². The van der Waals surface area contributed by atoms with Gasteiger partial charge in [0.2, 0.25) is 15.8 Å². The van der Waals surface area contributed by atoms with Gasteiger partial charge in [0.25, 0.3) is 0 Å². The second-order valence-corrected chi connectivity index (χ2v) is 6.39. The second kappa shape index (κ2) is 5.79. The molecule has 2 N–H and O–H groups in total. The van der Waals surface area contributed by atoms with E-state index >= 15 is 0 Å². The van der Waals surface area contributed by atoms with Gasteiger partial charge in [-0.1, -0.05) is 47.6 Å². The van der Waals surface area contributed by atoms with Crippen molar-refractivity contribution in [2.45, 2.75) is 4.90 Å². The number of benzene rings is 2. The van der Waals surface area contributed by atoms with Crippen LogP contribution in [0.3, 0.4) is 0 Å². The van der Waals surface area contributed by atoms with Gasteiger partial charge in [-0.2, -0.15) is 0 Å². The fourth-order valence-corrected chi connectivity index (χ4v) is 2.78. The van der Waals surface area contributed by atoms with Crippen molar-refractivity contribution in [3.63, 3.8) is 0 Å². The van der Waals surface area contributed by atoms with Crippen LogP contribution in [0.4, 0.5) is 0 Å². The van der Waals surface area contributed by atoms with E-state index < -0.39 is 10.0 Å². The molecule has 0 saturated carbocycles. The minimum absolute atomic E-state index is 0.00776. The fraction of sp³-hybridized carbons (Fsp3) is 0. The monoisotopic (exact) mass is 328 g/mol. The lowest BCUT2D eigenvalue weighted by molar-refractivity contribution is 0.109. The molecule has 0 aliphatic heterocycles. The Morgan fingerprint density at radius 1 is 0.957 bits per heavy atom. The zero-order chi connectivity index (χ0) is 16.4. The average Bonchev–Trinajstić information content (AvgIpc) is 2.99. The van der Waals surface area contributed by atoms with Gasteiger partial charge in [-0.25, -0.2) is 13.6 Å². The van der Waals surface area contributed by atoms with Crippen LogP contribution in [0.25, 0.3) is 22.4 Å². The molecule has 1 aromatic heterocycles. The summed E-state index contributed by atoms with van der Waals surface area (Å²) in [4.78, 5) is 11.2. The molecular formula is C16H12N2O4S. The molecule has 3 aromatic rings. The van der Waals surface area contributed by atoms with Gasteiger partial charge < -0.3 is 4.52 Å². The summed E-state index contributed by atoms with van der Waals surface area (Å²) in [6.07, 6.45) is 0.572. The molecule has 7 heteroatoms. The molecule has 23 heavy (non-hydrogen) atoms. The van der Waals surface area contributed by atoms with Crippen LogP contribution in [0.1, 0.15) is 10.6 Å². The van der Waals surface area contributed by atoms with Gasteiger partial charge in [0.05, 0.1) is 10.5 Å². The molecule has 6 nitrogen and oxygen atoms in total. The highest BCUT2D eigenvalue weighted by Gasteiger charge is 2.19. The quantitative estimate of drug-likeness (QED) is 0.741. The van der Waals surface area contributed by atoms with Crippen molar-refractivity contribution in [1.29, 1.82) is 0 Å². The number of sulfonamides is 1. The third-order valence-electron chi connectivity index (χ3n) is 3.34. The number of nitrogens with zero attached hydrogens (tertiary/aromatic N) is 1. The molecule has 0 fully saturated rings. The Labute approximate surface area is 132 Å². The molecule has 0 bridgehead atoms. The number of aldehydes is 1. The first-order chi connectivity index (χ1) is 11.0. The van der Waals surface area contributed by atoms with E-state index in [1.165, 1.54) is 12.1 Å². The molecule has 2 aromatic carbocycles. The van der Waals surface area contributed by atoms with Crippen molar-refractivity contribution in [2.24, 2.45) is 5.14 Å². The van der Waals surface area contributed by atoms with E-state index in [9.17, 15) is 13.2 Å². The third kappa shape index (κ3) is 2.92. The van der Waals surface area contributed by atoms with Crippen molar-refractivity contribution in [1.82, 2.24) is 5.16 Å². The maximum absolute atomic E-state index is 11.3. The summed E-state index contributed by atoms with van der Waals surface area (Å²) in [7, 11) is -3.77. The fourth-order valence-electron chi connectivity index (χ4n) is 2.27. The molecule has 0 aliphatic carbocycles. The van der Waals surface area contributed by atoms with Gasteiger partial charge in [-0.15, -0.1) is 0 Å². The van der Waals surface area contributed by atoms with Gasteiger partial charge in [0, 0.05) is 5.56 Å². The van der Waals surface area contributed by atoms with Crippen molar-refractivity contribution >= 4 is 16.3 Å². The van der Waals surface area contributed by atoms with E-state index in [0.717, 1.165) is 5.56 Å². The molecule has 0 aliphatic rings. The van der Waals surface area contributed by atoms with Crippen molar-refractivity contribution in [2.75, 3.05) is 0 Å². The van der Waals surface area contributed by atoms with E-state index in [1.54, 1.807) is 12.1 Å². The van der Waals surface area contributed by atoms with E-state index in [-0.39, 0.29) is 10.7 Å². The number of carbonyl (C=O) groups is 1. The molecular weight excluding hydrogens is 316 g/mol. The number of rotatable bonds is 4. The standard InChI is InChI=1S/C16H12N2O4S/c17-23(20,21)13-8-6-11(7-9-13)15-14(10-19)22-18-16(15)12-4-2-1-3-5-12/h1-10H,(H2,17,20,21). The van der Waals surface area contributed by atoms with Gasteiger partial charge in [0.15, 0.2) is 6.29 Å². The molecule has 0 radical (unpaired) electrons. The Morgan fingerprint density at radius 2 is 1.61 bits per heavy atom. The Kier molecular flexibility index (Phi) is 3.81. The molecule has 3 rings (SSSR count). The number of hydrogen-bond acceptors (Lipinski definition) is 5. The lowest BCUT2D eigenvalue weighted by atomic mass is 9.99. The predicted octanol–water partition coefficient (Wildman–Crippen LogP) is 2.47. The molecule has 116 valence electrons. The van der Waals surface area contributed by atoms with Crippen LogP contribution >= 0.6 is 0 Å². The summed E-state index contributed by atoms with van der Waals surface area (Å²) < 4.78 is 27.8. The van der Waals surface area contributed by atoms with Gasteiger partial charge in [0.1, 0.15) is 5.69 Å². The van der Waals surface area contributed by atoms with E-state index in [4.69, 9.17) is 9.66 Å². The largest absolute Gasteiger partial charge is 0.352 e. The molecule has 0 amide bonds. The molecule has 0 atom stereocenters. The van der Waals surface area contributed by atoms with Gasteiger partial charge >= 0.3 is 0 Å². The highest BCUT2D eigenvalue weighted by atomic mass is 32.2. The third-order valence-corrected chi connectivity index (χ3v) is 4.27. The van der Waals surface area contributed by atoms with Crippen LogP contribution in [0.2, 0.25) is 0 Å². The number of hydrogen-bond donors (Lipinski definition) is 1. The van der Waals surface area contributed by atoms with Crippen molar-refractivity contribution < 1.29 is 17.7 Å². The number of primary sulfonamides is 1. The Balaban J connectivity index is 2.16. The van der Waals surface area contributed by atoms with Gasteiger partial charge in [-0.3, -0.25) is 4.79 Å². The van der Waals surface area contributed by atoms with Crippen molar-refractivity contribution in [3.8, 4) is 22.4 Å². The lowest BCUT2D eigenvalue weighted by Gasteiger charge is -2.04. The molecule has 0 spiro atoms. The van der Waals surface area contributed by atoms with Crippen LogP contribution in [0.15, 0.2) is 64.0 Å². The number of carbonyl (C=O) groups excluding carboxylic acids is 1. The molecule has 0 unspecified atom stereocenters. The topological polar surface area (TPSA) is 103 Å². The van der Waals surface area contributed by atoms with Crippen LogP contribution in [0.5, 0.6) is 0 Å². The van der Waals surface area contributed by atoms with E-state index in [1.807, 2.05) is 30.3 Å². The summed E-state index contributed by atoms with van der Waals surface area (Å²) in [6, 6.07) is 15.1. The van der Waals surface area contributed by atoms with Crippen molar-refractivity contribution in [3.05, 3.63) is 60.4 Å². The summed E-state index contributed by atoms with van der Waals surface area (Å²) in [5.41, 5.74) is 2.41. The highest BCUT2D eigenvalue weighted by molar-refractivity contribution is 7.89. The number of aromatic nitrogens is 1. The maximum atomic E-state index is 11.3. The SMILES string of the molecule is NS(=O)(=O)c1ccc(-c2c(-c3ccccc3)noc2C=O)cc1. The summed E-state index contributed by atoms with van der Waals surface area (Å²) in [5.74, 6) is 0.0761. The summed E-state index contributed by atoms with van der Waals surface area (Å²) in [6.45, 7) is 0. The normalized spacial score (nSPS) is 11.3.